The minimum absolute atomic E-state index is 0.0231. The van der Waals surface area contributed by atoms with Crippen molar-refractivity contribution in [2.45, 2.75) is 25.8 Å². The number of aryl methyl sites for hydroxylation is 1. The van der Waals surface area contributed by atoms with Crippen molar-refractivity contribution in [3.05, 3.63) is 84.4 Å². The summed E-state index contributed by atoms with van der Waals surface area (Å²) >= 11 is 0. The molecule has 0 aliphatic heterocycles. The summed E-state index contributed by atoms with van der Waals surface area (Å²) < 4.78 is 0. The maximum absolute atomic E-state index is 9.99. The average molecular weight is 391 g/mol. The zero-order valence-electron chi connectivity index (χ0n) is 16.3. The van der Waals surface area contributed by atoms with Gasteiger partial charge in [-0.3, -0.25) is 9.59 Å². The molecule has 29 heavy (non-hydrogen) atoms. The number of benzene rings is 3. The van der Waals surface area contributed by atoms with Gasteiger partial charge in [0.1, 0.15) is 6.04 Å². The minimum atomic E-state index is -1.17. The van der Waals surface area contributed by atoms with Crippen LogP contribution in [0.15, 0.2) is 78.9 Å². The molecule has 3 aromatic carbocycles. The molecular weight excluding hydrogens is 366 g/mol. The molecule has 1 atom stereocenters. The molecule has 150 valence electrons. The fourth-order valence-electron chi connectivity index (χ4n) is 2.74. The lowest BCUT2D eigenvalue weighted by atomic mass is 9.94. The molecule has 0 fully saturated rings. The zero-order chi connectivity index (χ0) is 21.2. The predicted octanol–water partition coefficient (Wildman–Crippen LogP) is 4.59. The van der Waals surface area contributed by atoms with Crippen LogP contribution in [0.1, 0.15) is 18.4 Å². The summed E-state index contributed by atoms with van der Waals surface area (Å²) in [5.74, 6) is -2.20. The van der Waals surface area contributed by atoms with Crippen LogP contribution < -0.4 is 5.73 Å². The number of carboxylic acids is 2. The molecule has 0 aromatic heterocycles. The second-order valence-corrected chi connectivity index (χ2v) is 6.65. The summed E-state index contributed by atoms with van der Waals surface area (Å²) in [5, 5.41) is 16.3. The van der Waals surface area contributed by atoms with Crippen LogP contribution >= 0.6 is 0 Å². The van der Waals surface area contributed by atoms with Crippen molar-refractivity contribution < 1.29 is 19.8 Å². The van der Waals surface area contributed by atoms with Crippen LogP contribution in [0.25, 0.3) is 22.3 Å². The summed E-state index contributed by atoms with van der Waals surface area (Å²) in [5.41, 5.74) is 11.4. The van der Waals surface area contributed by atoms with Gasteiger partial charge in [0.15, 0.2) is 0 Å². The van der Waals surface area contributed by atoms with Gasteiger partial charge in [0.25, 0.3) is 0 Å². The largest absolute Gasteiger partial charge is 0.481 e. The Morgan fingerprint density at radius 2 is 1.28 bits per heavy atom. The van der Waals surface area contributed by atoms with Gasteiger partial charge in [-0.1, -0.05) is 84.4 Å². The van der Waals surface area contributed by atoms with Gasteiger partial charge in [0.2, 0.25) is 0 Å². The van der Waals surface area contributed by atoms with E-state index in [0.29, 0.717) is 0 Å². The Bertz CT molecular complexity index is 937. The highest BCUT2D eigenvalue weighted by Crippen LogP contribution is 2.31. The Labute approximate surface area is 170 Å². The molecule has 5 nitrogen and oxygen atoms in total. The van der Waals surface area contributed by atoms with E-state index in [2.05, 4.69) is 85.8 Å². The van der Waals surface area contributed by atoms with Crippen molar-refractivity contribution in [3.63, 3.8) is 0 Å². The molecule has 4 N–H and O–H groups in total. The van der Waals surface area contributed by atoms with Gasteiger partial charge in [-0.05, 0) is 35.6 Å². The van der Waals surface area contributed by atoms with Crippen LogP contribution in [0.5, 0.6) is 0 Å². The summed E-state index contributed by atoms with van der Waals surface area (Å²) in [7, 11) is 0. The van der Waals surface area contributed by atoms with E-state index in [1.165, 1.54) is 27.8 Å². The lowest BCUT2D eigenvalue weighted by Crippen LogP contribution is -2.30. The van der Waals surface area contributed by atoms with E-state index >= 15 is 0 Å². The van der Waals surface area contributed by atoms with Crippen LogP contribution in [0.3, 0.4) is 0 Å². The molecule has 0 saturated carbocycles. The van der Waals surface area contributed by atoms with Crippen LogP contribution in [0.4, 0.5) is 0 Å². The third kappa shape index (κ3) is 6.90. The normalized spacial score (nSPS) is 11.1. The maximum Gasteiger partial charge on any atom is 0.320 e. The fourth-order valence-corrected chi connectivity index (χ4v) is 2.74. The molecule has 3 rings (SSSR count). The number of carbonyl (C=O) groups is 2. The van der Waals surface area contributed by atoms with Gasteiger partial charge >= 0.3 is 11.9 Å². The van der Waals surface area contributed by atoms with E-state index < -0.39 is 18.0 Å². The minimum Gasteiger partial charge on any atom is -0.481 e. The molecule has 3 aromatic rings. The number of carboxylic acid groups (broad SMARTS) is 2. The van der Waals surface area contributed by atoms with E-state index in [4.69, 9.17) is 15.9 Å². The Hall–Kier alpha value is -3.44. The monoisotopic (exact) mass is 391 g/mol. The van der Waals surface area contributed by atoms with E-state index in [9.17, 15) is 9.59 Å². The first-order valence-corrected chi connectivity index (χ1v) is 9.30. The van der Waals surface area contributed by atoms with Crippen molar-refractivity contribution in [1.29, 1.82) is 0 Å². The standard InChI is InChI=1S/C19H16.C5H9NO4/c1-15-11-13-17(14-12-15)19-10-6-5-9-18(19)16-7-3-2-4-8-16;6-3(5(9)10)1-2-4(7)8/h2-14H,1H3;3H,1-2,6H2,(H,7,8)(H,9,10)/t;3-/m.0/s1. The molecule has 0 aliphatic carbocycles. The smallest absolute Gasteiger partial charge is 0.320 e. The Morgan fingerprint density at radius 3 is 1.76 bits per heavy atom. The number of rotatable bonds is 6. The number of aliphatic carboxylic acids is 2. The van der Waals surface area contributed by atoms with E-state index in [1.807, 2.05) is 0 Å². The van der Waals surface area contributed by atoms with Crippen molar-refractivity contribution in [2.75, 3.05) is 0 Å². The second-order valence-electron chi connectivity index (χ2n) is 6.65. The Kier molecular flexibility index (Phi) is 8.12. The van der Waals surface area contributed by atoms with Crippen molar-refractivity contribution >= 4 is 11.9 Å². The molecule has 0 heterocycles. The number of hydrogen-bond acceptors (Lipinski definition) is 3. The second kappa shape index (κ2) is 10.8. The van der Waals surface area contributed by atoms with Crippen molar-refractivity contribution in [1.82, 2.24) is 0 Å². The Morgan fingerprint density at radius 1 is 0.793 bits per heavy atom. The summed E-state index contributed by atoms with van der Waals surface area (Å²) in [6.07, 6.45) is -0.224. The first-order valence-electron chi connectivity index (χ1n) is 9.30. The molecule has 5 heteroatoms. The van der Waals surface area contributed by atoms with Crippen LogP contribution in [-0.2, 0) is 9.59 Å². The van der Waals surface area contributed by atoms with E-state index in [-0.39, 0.29) is 12.8 Å². The van der Waals surface area contributed by atoms with Crippen molar-refractivity contribution in [2.24, 2.45) is 5.73 Å². The van der Waals surface area contributed by atoms with Crippen LogP contribution in [0, 0.1) is 6.92 Å². The fraction of sp³-hybridized carbons (Fsp3) is 0.167. The van der Waals surface area contributed by atoms with Gasteiger partial charge in [0, 0.05) is 6.42 Å². The van der Waals surface area contributed by atoms with Gasteiger partial charge in [-0.2, -0.15) is 0 Å². The molecule has 0 bridgehead atoms. The highest BCUT2D eigenvalue weighted by Gasteiger charge is 2.12. The molecule has 0 radical (unpaired) electrons. The van der Waals surface area contributed by atoms with E-state index in [1.54, 1.807) is 0 Å². The third-order valence-electron chi connectivity index (χ3n) is 4.36. The zero-order valence-corrected chi connectivity index (χ0v) is 16.3. The van der Waals surface area contributed by atoms with Gasteiger partial charge in [-0.25, -0.2) is 0 Å². The van der Waals surface area contributed by atoms with Gasteiger partial charge < -0.3 is 15.9 Å². The Balaban J connectivity index is 0.000000257. The molecule has 0 aliphatic rings. The highest BCUT2D eigenvalue weighted by molar-refractivity contribution is 5.83. The highest BCUT2D eigenvalue weighted by atomic mass is 16.4. The summed E-state index contributed by atoms with van der Waals surface area (Å²) in [4.78, 5) is 19.9. The molecular formula is C24H25NO4. The van der Waals surface area contributed by atoms with Crippen LogP contribution in [0.2, 0.25) is 0 Å². The lowest BCUT2D eigenvalue weighted by Gasteiger charge is -2.10. The molecule has 0 amide bonds. The van der Waals surface area contributed by atoms with Gasteiger partial charge in [0.05, 0.1) is 0 Å². The summed E-state index contributed by atoms with van der Waals surface area (Å²) in [6, 6.07) is 26.8. The van der Waals surface area contributed by atoms with E-state index in [0.717, 1.165) is 0 Å². The van der Waals surface area contributed by atoms with Gasteiger partial charge in [-0.15, -0.1) is 0 Å². The molecule has 0 saturated heterocycles. The van der Waals surface area contributed by atoms with Crippen LogP contribution in [-0.4, -0.2) is 28.2 Å². The predicted molar refractivity (Wildman–Crippen MR) is 115 cm³/mol. The number of hydrogen-bond donors (Lipinski definition) is 3. The number of nitrogens with two attached hydrogens (primary N) is 1. The lowest BCUT2D eigenvalue weighted by molar-refractivity contribution is -0.139. The third-order valence-corrected chi connectivity index (χ3v) is 4.36. The maximum atomic E-state index is 9.99. The SMILES string of the molecule is Cc1ccc(-c2ccccc2-c2ccccc2)cc1.N[C@@H](CCC(=O)O)C(=O)O. The van der Waals surface area contributed by atoms with Crippen molar-refractivity contribution in [3.8, 4) is 22.3 Å². The summed E-state index contributed by atoms with van der Waals surface area (Å²) in [6.45, 7) is 2.12. The molecule has 0 unspecified atom stereocenters. The first kappa shape index (κ1) is 21.9. The topological polar surface area (TPSA) is 101 Å². The average Bonchev–Trinajstić information content (AvgIpc) is 2.73. The first-order chi connectivity index (χ1) is 13.9. The molecule has 0 spiro atoms. The quantitative estimate of drug-likeness (QED) is 0.570.